The summed E-state index contributed by atoms with van der Waals surface area (Å²) in [5.41, 5.74) is 0. The number of benzene rings is 2. The second-order valence-corrected chi connectivity index (χ2v) is 7.65. The normalized spacial score (nSPS) is 9.19. The summed E-state index contributed by atoms with van der Waals surface area (Å²) < 4.78 is 46.7. The third kappa shape index (κ3) is 20.2. The molecule has 0 bridgehead atoms. The monoisotopic (exact) mass is 514 g/mol. The SMILES string of the molecule is C.C#CCS(=O)c1ccc(OC)cc1.C#CCSc1ccc(OC)cc1.O=[S-](=O)[O-].[Na+].[Na+]. The van der Waals surface area contributed by atoms with Gasteiger partial charge in [-0.05, 0) is 48.5 Å². The van der Waals surface area contributed by atoms with Gasteiger partial charge in [-0.25, -0.2) is 0 Å². The number of rotatable bonds is 6. The van der Waals surface area contributed by atoms with Crippen molar-refractivity contribution in [2.75, 3.05) is 25.7 Å². The molecule has 2 aromatic rings. The van der Waals surface area contributed by atoms with E-state index in [4.69, 9.17) is 35.3 Å². The molecule has 2 rings (SSSR count). The zero-order valence-corrected chi connectivity index (χ0v) is 24.3. The van der Waals surface area contributed by atoms with E-state index in [-0.39, 0.29) is 72.3 Å². The van der Waals surface area contributed by atoms with Crippen molar-refractivity contribution in [2.24, 2.45) is 0 Å². The van der Waals surface area contributed by atoms with E-state index < -0.39 is 21.8 Å². The standard InChI is InChI=1S/C10H10O2S.C10H10OS.CH4.2Na.O3S/c1-3-8-13(11)10-6-4-9(12-2)5-7-10;1-3-8-12-10-6-4-9(11-2)5-7-10;;;;1-4(2)3/h1,4-7H,8H2,2H3;1,4-7H,8H2,2H3;1H4;;;/q;;;2*+1;-2. The van der Waals surface area contributed by atoms with Crippen molar-refractivity contribution < 1.29 is 85.8 Å². The Labute approximate surface area is 244 Å². The van der Waals surface area contributed by atoms with E-state index in [2.05, 4.69) is 11.8 Å². The van der Waals surface area contributed by atoms with E-state index in [0.717, 1.165) is 16.4 Å². The van der Waals surface area contributed by atoms with E-state index in [1.807, 2.05) is 24.3 Å². The molecule has 0 radical (unpaired) electrons. The Kier molecular flexibility index (Phi) is 30.6. The van der Waals surface area contributed by atoms with Crippen molar-refractivity contribution in [3.05, 3.63) is 48.5 Å². The predicted octanol–water partition coefficient (Wildman–Crippen LogP) is -2.07. The van der Waals surface area contributed by atoms with Gasteiger partial charge in [0.15, 0.2) is 0 Å². The Morgan fingerprint density at radius 1 is 0.938 bits per heavy atom. The molecule has 0 N–H and O–H groups in total. The van der Waals surface area contributed by atoms with Gasteiger partial charge in [-0.15, -0.1) is 24.6 Å². The molecule has 0 spiro atoms. The van der Waals surface area contributed by atoms with Crippen LogP contribution >= 0.6 is 11.8 Å². The molecule has 0 aliphatic heterocycles. The molecule has 2 aromatic carbocycles. The van der Waals surface area contributed by atoms with Gasteiger partial charge in [0.25, 0.3) is 0 Å². The predicted molar refractivity (Wildman–Crippen MR) is 122 cm³/mol. The Bertz CT molecular complexity index is 895. The maximum absolute atomic E-state index is 11.4. The summed E-state index contributed by atoms with van der Waals surface area (Å²) in [5.74, 6) is 7.54. The number of thioether (sulfide) groups is 1. The van der Waals surface area contributed by atoms with Gasteiger partial charge in [0, 0.05) is 9.79 Å². The Hall–Kier alpha value is -0.430. The van der Waals surface area contributed by atoms with Crippen LogP contribution in [0.25, 0.3) is 0 Å². The average molecular weight is 515 g/mol. The van der Waals surface area contributed by atoms with Gasteiger partial charge in [0.1, 0.15) is 11.5 Å². The first-order valence-electron chi connectivity index (χ1n) is 7.80. The van der Waals surface area contributed by atoms with Crippen LogP contribution in [0.15, 0.2) is 58.3 Å². The van der Waals surface area contributed by atoms with Crippen LogP contribution < -0.4 is 68.6 Å². The van der Waals surface area contributed by atoms with Gasteiger partial charge in [0.05, 0.1) is 36.5 Å². The zero-order valence-electron chi connectivity index (χ0n) is 17.9. The van der Waals surface area contributed by atoms with Crippen molar-refractivity contribution in [3.63, 3.8) is 0 Å². The molecular formula is C21H24Na2O6S3. The third-order valence-corrected chi connectivity index (χ3v) is 5.06. The van der Waals surface area contributed by atoms with Crippen LogP contribution in [0.1, 0.15) is 7.43 Å². The van der Waals surface area contributed by atoms with E-state index in [1.165, 1.54) is 4.90 Å². The second kappa shape index (κ2) is 25.2. The maximum Gasteiger partial charge on any atom is 1.00 e. The van der Waals surface area contributed by atoms with Crippen molar-refractivity contribution in [1.29, 1.82) is 0 Å². The molecular weight excluding hydrogens is 490 g/mol. The van der Waals surface area contributed by atoms with Crippen LogP contribution in [0.2, 0.25) is 0 Å². The van der Waals surface area contributed by atoms with Crippen molar-refractivity contribution in [3.8, 4) is 36.2 Å². The summed E-state index contributed by atoms with van der Waals surface area (Å²) in [6, 6.07) is 14.9. The molecule has 0 aromatic heterocycles. The second-order valence-electron chi connectivity index (χ2n) is 4.74. The van der Waals surface area contributed by atoms with Gasteiger partial charge in [0.2, 0.25) is 0 Å². The first-order valence-corrected chi connectivity index (χ1v) is 11.1. The number of hydrogen-bond donors (Lipinski definition) is 0. The third-order valence-electron chi connectivity index (χ3n) is 2.92. The molecule has 1 unspecified atom stereocenters. The molecule has 6 nitrogen and oxygen atoms in total. The van der Waals surface area contributed by atoms with Gasteiger partial charge < -0.3 is 22.4 Å². The maximum atomic E-state index is 11.4. The smallest absolute Gasteiger partial charge is 0.917 e. The Morgan fingerprint density at radius 3 is 1.69 bits per heavy atom. The number of ether oxygens (including phenoxy) is 2. The summed E-state index contributed by atoms with van der Waals surface area (Å²) in [6.45, 7) is 0. The van der Waals surface area contributed by atoms with Crippen LogP contribution in [-0.4, -0.2) is 34.5 Å². The first kappa shape index (κ1) is 38.8. The van der Waals surface area contributed by atoms with Gasteiger partial charge in [-0.3, -0.25) is 4.21 Å². The molecule has 11 heteroatoms. The molecule has 0 amide bonds. The van der Waals surface area contributed by atoms with E-state index in [1.54, 1.807) is 50.2 Å². The van der Waals surface area contributed by atoms with E-state index in [0.29, 0.717) is 5.75 Å². The van der Waals surface area contributed by atoms with Crippen LogP contribution in [0.3, 0.4) is 0 Å². The molecule has 0 fully saturated rings. The summed E-state index contributed by atoms with van der Waals surface area (Å²) in [4.78, 5) is 1.91. The van der Waals surface area contributed by atoms with Gasteiger partial charge >= 0.3 is 59.1 Å². The van der Waals surface area contributed by atoms with Crippen molar-refractivity contribution >= 4 is 33.5 Å². The zero-order chi connectivity index (χ0) is 22.1. The average Bonchev–Trinajstić information content (AvgIpc) is 2.73. The fourth-order valence-corrected chi connectivity index (χ4v) is 3.02. The molecule has 1 atom stereocenters. The summed E-state index contributed by atoms with van der Waals surface area (Å²) in [6.07, 6.45) is 10.2. The van der Waals surface area contributed by atoms with Crippen molar-refractivity contribution in [1.82, 2.24) is 0 Å². The first-order chi connectivity index (χ1) is 13.9. The molecule has 0 saturated heterocycles. The van der Waals surface area contributed by atoms with Crippen LogP contribution in [0.5, 0.6) is 11.5 Å². The Balaban J connectivity index is -0.000000195. The molecule has 0 aliphatic carbocycles. The Morgan fingerprint density at radius 2 is 1.34 bits per heavy atom. The van der Waals surface area contributed by atoms with Crippen LogP contribution in [0.4, 0.5) is 0 Å². The topological polar surface area (TPSA) is 92.7 Å². The fraction of sp³-hybridized carbons (Fsp3) is 0.238. The minimum absolute atomic E-state index is 0. The van der Waals surface area contributed by atoms with E-state index in [9.17, 15) is 4.21 Å². The van der Waals surface area contributed by atoms with E-state index >= 15 is 0 Å². The summed E-state index contributed by atoms with van der Waals surface area (Å²) in [5, 5.41) is 0. The minimum atomic E-state index is -3.11. The molecule has 0 heterocycles. The number of terminal acetylenes is 2. The molecule has 0 saturated carbocycles. The summed E-state index contributed by atoms with van der Waals surface area (Å²) in [7, 11) is -0.949. The van der Waals surface area contributed by atoms with Gasteiger partial charge in [-0.1, -0.05) is 19.3 Å². The number of methoxy groups -OCH3 is 2. The fourth-order valence-electron chi connectivity index (χ4n) is 1.68. The quantitative estimate of drug-likeness (QED) is 0.109. The van der Waals surface area contributed by atoms with Crippen molar-refractivity contribution in [2.45, 2.75) is 17.2 Å². The van der Waals surface area contributed by atoms with Crippen LogP contribution in [-0.2, 0) is 30.2 Å². The molecule has 32 heavy (non-hydrogen) atoms. The molecule has 0 aliphatic rings. The minimum Gasteiger partial charge on any atom is -0.917 e. The number of hydrogen-bond acceptors (Lipinski definition) is 8. The summed E-state index contributed by atoms with van der Waals surface area (Å²) >= 11 is 1.65. The largest absolute Gasteiger partial charge is 1.00 e. The molecule has 164 valence electrons. The van der Waals surface area contributed by atoms with Gasteiger partial charge in [-0.2, -0.15) is 11.0 Å². The van der Waals surface area contributed by atoms with Crippen LogP contribution in [0, 0.1) is 24.7 Å².